The molecule has 0 spiro atoms. The molecule has 0 aliphatic carbocycles. The van der Waals surface area contributed by atoms with Crippen LogP contribution in [0.15, 0.2) is 42.5 Å². The number of hydrogen-bond donors (Lipinski definition) is 0. The maximum absolute atomic E-state index is 3.75. The molecule has 1 atom stereocenters. The van der Waals surface area contributed by atoms with Gasteiger partial charge in [0, 0.05) is 17.9 Å². The zero-order valence-electron chi connectivity index (χ0n) is 10.5. The van der Waals surface area contributed by atoms with Crippen LogP contribution in [-0.4, -0.2) is 22.8 Å². The van der Waals surface area contributed by atoms with Gasteiger partial charge in [-0.1, -0.05) is 58.4 Å². The molecule has 1 aliphatic rings. The van der Waals surface area contributed by atoms with E-state index in [9.17, 15) is 0 Å². The molecule has 3 rings (SSSR count). The van der Waals surface area contributed by atoms with E-state index in [2.05, 4.69) is 63.3 Å². The van der Waals surface area contributed by atoms with Crippen molar-refractivity contribution in [1.82, 2.24) is 4.90 Å². The van der Waals surface area contributed by atoms with E-state index in [4.69, 9.17) is 0 Å². The number of hydrogen-bond acceptors (Lipinski definition) is 1. The van der Waals surface area contributed by atoms with E-state index < -0.39 is 0 Å². The van der Waals surface area contributed by atoms with Gasteiger partial charge in [-0.05, 0) is 35.7 Å². The van der Waals surface area contributed by atoms with Crippen LogP contribution < -0.4 is 0 Å². The van der Waals surface area contributed by atoms with Crippen LogP contribution in [0, 0.1) is 0 Å². The van der Waals surface area contributed by atoms with Crippen molar-refractivity contribution in [3.8, 4) is 0 Å². The van der Waals surface area contributed by atoms with Crippen LogP contribution in [0.1, 0.15) is 18.4 Å². The van der Waals surface area contributed by atoms with Gasteiger partial charge in [-0.3, -0.25) is 4.90 Å². The third-order valence-electron chi connectivity index (χ3n) is 3.72. The first kappa shape index (κ1) is 12.2. The van der Waals surface area contributed by atoms with Crippen LogP contribution in [0.3, 0.4) is 0 Å². The van der Waals surface area contributed by atoms with Crippen molar-refractivity contribution in [2.45, 2.75) is 24.2 Å². The molecular weight excluding hydrogens is 286 g/mol. The van der Waals surface area contributed by atoms with E-state index in [1.807, 2.05) is 0 Å². The SMILES string of the molecule is BrC1CCCN(Cc2cccc3ccccc23)C1. The number of benzene rings is 2. The van der Waals surface area contributed by atoms with Gasteiger partial charge < -0.3 is 0 Å². The van der Waals surface area contributed by atoms with Crippen molar-refractivity contribution < 1.29 is 0 Å². The van der Waals surface area contributed by atoms with Crippen molar-refractivity contribution in [1.29, 1.82) is 0 Å². The summed E-state index contributed by atoms with van der Waals surface area (Å²) in [5, 5.41) is 2.75. The van der Waals surface area contributed by atoms with Crippen molar-refractivity contribution in [2.75, 3.05) is 13.1 Å². The molecule has 1 nitrogen and oxygen atoms in total. The summed E-state index contributed by atoms with van der Waals surface area (Å²) in [6.45, 7) is 3.47. The maximum Gasteiger partial charge on any atom is 0.0273 e. The molecule has 0 bridgehead atoms. The van der Waals surface area contributed by atoms with Crippen LogP contribution >= 0.6 is 15.9 Å². The Balaban J connectivity index is 1.86. The lowest BCUT2D eigenvalue weighted by Gasteiger charge is -2.30. The lowest BCUT2D eigenvalue weighted by molar-refractivity contribution is 0.228. The highest BCUT2D eigenvalue weighted by Crippen LogP contribution is 2.23. The van der Waals surface area contributed by atoms with Crippen LogP contribution in [0.2, 0.25) is 0 Å². The standard InChI is InChI=1S/C16H18BrN/c17-15-8-4-10-18(12-15)11-14-7-3-6-13-5-1-2-9-16(13)14/h1-3,5-7,9,15H,4,8,10-12H2. The molecule has 0 saturated carbocycles. The van der Waals surface area contributed by atoms with Gasteiger partial charge in [-0.2, -0.15) is 0 Å². The van der Waals surface area contributed by atoms with Gasteiger partial charge in [-0.25, -0.2) is 0 Å². The highest BCUT2D eigenvalue weighted by atomic mass is 79.9. The summed E-state index contributed by atoms with van der Waals surface area (Å²) in [6.07, 6.45) is 2.62. The van der Waals surface area contributed by atoms with E-state index in [1.165, 1.54) is 42.3 Å². The van der Waals surface area contributed by atoms with Crippen molar-refractivity contribution in [2.24, 2.45) is 0 Å². The molecular formula is C16H18BrN. The number of piperidine rings is 1. The Morgan fingerprint density at radius 2 is 1.94 bits per heavy atom. The molecule has 1 fully saturated rings. The van der Waals surface area contributed by atoms with Crippen LogP contribution in [0.25, 0.3) is 10.8 Å². The molecule has 0 aromatic heterocycles. The Morgan fingerprint density at radius 3 is 2.83 bits per heavy atom. The Hall–Kier alpha value is -0.860. The predicted octanol–water partition coefficient (Wildman–Crippen LogP) is 4.20. The van der Waals surface area contributed by atoms with Gasteiger partial charge in [0.1, 0.15) is 0 Å². The third-order valence-corrected chi connectivity index (χ3v) is 4.47. The molecule has 1 unspecified atom stereocenters. The first-order valence-electron chi connectivity index (χ1n) is 6.66. The first-order valence-corrected chi connectivity index (χ1v) is 7.57. The van der Waals surface area contributed by atoms with Crippen molar-refractivity contribution in [3.05, 3.63) is 48.0 Å². The number of fused-ring (bicyclic) bond motifs is 1. The number of alkyl halides is 1. The number of halogens is 1. The molecule has 1 saturated heterocycles. The fraction of sp³-hybridized carbons (Fsp3) is 0.375. The topological polar surface area (TPSA) is 3.24 Å². The monoisotopic (exact) mass is 303 g/mol. The molecule has 1 aliphatic heterocycles. The van der Waals surface area contributed by atoms with Crippen LogP contribution in [0.4, 0.5) is 0 Å². The van der Waals surface area contributed by atoms with E-state index in [0.717, 1.165) is 6.54 Å². The highest BCUT2D eigenvalue weighted by molar-refractivity contribution is 9.09. The average Bonchev–Trinajstić information content (AvgIpc) is 2.39. The fourth-order valence-electron chi connectivity index (χ4n) is 2.81. The zero-order valence-corrected chi connectivity index (χ0v) is 12.1. The minimum absolute atomic E-state index is 0.668. The second-order valence-electron chi connectivity index (χ2n) is 5.11. The Labute approximate surface area is 117 Å². The van der Waals surface area contributed by atoms with Gasteiger partial charge in [0.15, 0.2) is 0 Å². The number of nitrogens with zero attached hydrogens (tertiary/aromatic N) is 1. The lowest BCUT2D eigenvalue weighted by atomic mass is 10.0. The van der Waals surface area contributed by atoms with Crippen LogP contribution in [0.5, 0.6) is 0 Å². The molecule has 1 heterocycles. The number of rotatable bonds is 2. The highest BCUT2D eigenvalue weighted by Gasteiger charge is 2.17. The molecule has 0 N–H and O–H groups in total. The summed E-state index contributed by atoms with van der Waals surface area (Å²) >= 11 is 3.75. The maximum atomic E-state index is 3.75. The van der Waals surface area contributed by atoms with Gasteiger partial charge in [0.25, 0.3) is 0 Å². The molecule has 0 amide bonds. The van der Waals surface area contributed by atoms with E-state index >= 15 is 0 Å². The largest absolute Gasteiger partial charge is 0.298 e. The molecule has 2 heteroatoms. The average molecular weight is 304 g/mol. The third kappa shape index (κ3) is 2.60. The smallest absolute Gasteiger partial charge is 0.0273 e. The fourth-order valence-corrected chi connectivity index (χ4v) is 3.55. The quantitative estimate of drug-likeness (QED) is 0.752. The Morgan fingerprint density at radius 1 is 1.11 bits per heavy atom. The van der Waals surface area contributed by atoms with Gasteiger partial charge in [0.2, 0.25) is 0 Å². The molecule has 18 heavy (non-hydrogen) atoms. The zero-order chi connectivity index (χ0) is 12.4. The van der Waals surface area contributed by atoms with E-state index in [1.54, 1.807) is 0 Å². The van der Waals surface area contributed by atoms with Crippen LogP contribution in [-0.2, 0) is 6.54 Å². The summed E-state index contributed by atoms with van der Waals surface area (Å²) in [5.41, 5.74) is 1.45. The first-order chi connectivity index (χ1) is 8.83. The van der Waals surface area contributed by atoms with Gasteiger partial charge >= 0.3 is 0 Å². The lowest BCUT2D eigenvalue weighted by Crippen LogP contribution is -2.35. The Bertz CT molecular complexity index is 532. The van der Waals surface area contributed by atoms with E-state index in [-0.39, 0.29) is 0 Å². The van der Waals surface area contributed by atoms with E-state index in [0.29, 0.717) is 4.83 Å². The minimum Gasteiger partial charge on any atom is -0.298 e. The summed E-state index contributed by atoms with van der Waals surface area (Å²) in [7, 11) is 0. The van der Waals surface area contributed by atoms with Crippen molar-refractivity contribution in [3.63, 3.8) is 0 Å². The second-order valence-corrected chi connectivity index (χ2v) is 6.41. The summed E-state index contributed by atoms with van der Waals surface area (Å²) in [6, 6.07) is 15.3. The Kier molecular flexibility index (Phi) is 3.67. The number of likely N-dealkylation sites (tertiary alicyclic amines) is 1. The predicted molar refractivity (Wildman–Crippen MR) is 81.2 cm³/mol. The summed E-state index contributed by atoms with van der Waals surface area (Å²) in [4.78, 5) is 3.23. The molecule has 94 valence electrons. The van der Waals surface area contributed by atoms with Gasteiger partial charge in [-0.15, -0.1) is 0 Å². The normalized spacial score (nSPS) is 21.3. The summed E-state index contributed by atoms with van der Waals surface area (Å²) < 4.78 is 0. The molecule has 2 aromatic rings. The minimum atomic E-state index is 0.668. The molecule has 2 aromatic carbocycles. The second kappa shape index (κ2) is 5.41. The molecule has 0 radical (unpaired) electrons. The van der Waals surface area contributed by atoms with Gasteiger partial charge in [0.05, 0.1) is 0 Å². The summed E-state index contributed by atoms with van der Waals surface area (Å²) in [5.74, 6) is 0. The van der Waals surface area contributed by atoms with Crippen molar-refractivity contribution >= 4 is 26.7 Å².